The molecule has 0 aliphatic carbocycles. The van der Waals surface area contributed by atoms with E-state index in [1.807, 2.05) is 178 Å². The van der Waals surface area contributed by atoms with Crippen molar-refractivity contribution in [2.75, 3.05) is 11.9 Å². The molecule has 0 amide bonds. The first-order valence-electron chi connectivity index (χ1n) is 48.6. The van der Waals surface area contributed by atoms with Crippen LogP contribution in [0.4, 0.5) is 11.4 Å². The summed E-state index contributed by atoms with van der Waals surface area (Å²) in [5.41, 5.74) is 32.9. The number of benzene rings is 12. The van der Waals surface area contributed by atoms with Crippen LogP contribution in [0.5, 0.6) is 11.5 Å². The predicted octanol–water partition coefficient (Wildman–Crippen LogP) is 21.6. The number of rotatable bonds is 6. The zero-order valence-corrected chi connectivity index (χ0v) is 92.9. The molecule has 0 N–H and O–H groups in total. The van der Waals surface area contributed by atoms with Gasteiger partial charge in [0.25, 0.3) is 0 Å². The van der Waals surface area contributed by atoms with E-state index in [9.17, 15) is 0 Å². The Kier molecular flexibility index (Phi) is 27.6. The molecule has 0 unspecified atom stereocenters. The first-order chi connectivity index (χ1) is 68.6. The number of anilines is 2. The van der Waals surface area contributed by atoms with Crippen molar-refractivity contribution in [3.8, 4) is 79.0 Å². The van der Waals surface area contributed by atoms with E-state index in [0.29, 0.717) is 15.0 Å². The minimum absolute atomic E-state index is 0.000404. The van der Waals surface area contributed by atoms with Crippen LogP contribution in [0.25, 0.3) is 67.5 Å². The van der Waals surface area contributed by atoms with E-state index < -0.39 is 16.1 Å². The van der Waals surface area contributed by atoms with E-state index in [0.717, 1.165) is 51.2 Å². The molecule has 6 aliphatic rings. The second-order valence-corrected chi connectivity index (χ2v) is 55.9. The molecule has 0 radical (unpaired) electrons. The van der Waals surface area contributed by atoms with Crippen LogP contribution in [0.1, 0.15) is 108 Å². The van der Waals surface area contributed by atoms with Crippen molar-refractivity contribution in [3.63, 3.8) is 0 Å². The normalized spacial score (nSPS) is 14.4. The number of fused-ring (bicyclic) bond motifs is 12. The number of ether oxygens (including phenoxy) is 1. The van der Waals surface area contributed by atoms with Crippen molar-refractivity contribution >= 4 is 119 Å². The van der Waals surface area contributed by atoms with Crippen LogP contribution in [-0.4, -0.2) is 68.1 Å². The quantitative estimate of drug-likeness (QED) is 0.117. The van der Waals surface area contributed by atoms with Gasteiger partial charge < -0.3 is 9.64 Å². The number of para-hydroxylation sites is 2. The van der Waals surface area contributed by atoms with Gasteiger partial charge in [-0.1, -0.05) is 209 Å². The molecule has 143 heavy (non-hydrogen) atoms. The average molecular weight is 2050 g/mol. The van der Waals surface area contributed by atoms with Gasteiger partial charge in [-0.3, -0.25) is 24.9 Å². The van der Waals surface area contributed by atoms with Crippen LogP contribution in [0.15, 0.2) is 369 Å². The van der Waals surface area contributed by atoms with Crippen molar-refractivity contribution in [2.24, 2.45) is 42.3 Å². The summed E-state index contributed by atoms with van der Waals surface area (Å²) in [5, 5.41) is 6.40. The summed E-state index contributed by atoms with van der Waals surface area (Å²) < 4.78 is 22.0. The molecular formula is C122H123N13OS4SeSi2+6. The van der Waals surface area contributed by atoms with Crippen LogP contribution >= 0.6 is 47.0 Å². The summed E-state index contributed by atoms with van der Waals surface area (Å²) >= 11 is 7.87. The van der Waals surface area contributed by atoms with Crippen molar-refractivity contribution in [1.29, 1.82) is 0 Å². The Labute approximate surface area is 868 Å². The van der Waals surface area contributed by atoms with Crippen LogP contribution in [-0.2, 0) is 58.5 Å². The van der Waals surface area contributed by atoms with E-state index in [1.165, 1.54) is 145 Å². The van der Waals surface area contributed by atoms with Gasteiger partial charge >= 0.3 is 151 Å². The molecule has 24 rings (SSSR count). The molecule has 0 atom stereocenters. The fourth-order valence-electron chi connectivity index (χ4n) is 20.9. The van der Waals surface area contributed by atoms with Crippen molar-refractivity contribution < 1.29 is 32.1 Å². The van der Waals surface area contributed by atoms with E-state index in [4.69, 9.17) is 4.74 Å². The van der Waals surface area contributed by atoms with Gasteiger partial charge in [-0.25, -0.2) is 0 Å². The van der Waals surface area contributed by atoms with Crippen LogP contribution in [0, 0.1) is 41.5 Å². The Balaban J connectivity index is 0.000000109. The standard InChI is InChI=1S/C23H27N2Si.2C21H21N2S.C20H21N2SeSi.C19H18N3O.C18H15N2S2/c1-16-13-22-19(14-17(16)20-15-24-11-12-25(20)4)23(2,3)18-9-7-8-10-21(18)26(22,5)6;1-14-11-20-17(12-15(14)18-13-22-9-10-23(18)4)21(2,3)16-7-5-6-8-19(16)24-20;1-14-11-17-20(12-15(14)18-13-22-9-10-23(18)4)24-19-8-6-5-7-16(19)21(17,2)3;1-14-11-20-18(12-15(14)16-13-21-9-10-22(16)2)23-17-7-5-6-8-19(17)24(20,3)4;1-13-10-19-16(11-14(13)17-12-20-8-9-21(17)2)22(3)15-6-4-5-7-18(15)23-19;1-12-9-17-18(22-16-6-4-3-5-15(16)21-17)10-13(12)14-11-19-7-8-20(14)2/h7-15H,1-6H3;3*5-13H,1-4H3;4-12H,1-3H3;3-11H,1-2H3/q6*+1. The summed E-state index contributed by atoms with van der Waals surface area (Å²) in [6, 6.07) is 80.4. The Morgan fingerprint density at radius 3 is 1.09 bits per heavy atom. The van der Waals surface area contributed by atoms with E-state index >= 15 is 0 Å². The topological polar surface area (TPSA) is 113 Å². The summed E-state index contributed by atoms with van der Waals surface area (Å²) in [5.74, 6) is 1.78. The second-order valence-electron chi connectivity index (χ2n) is 40.6. The van der Waals surface area contributed by atoms with Gasteiger partial charge in [0, 0.05) is 62.5 Å². The molecule has 14 nitrogen and oxygen atoms in total. The van der Waals surface area contributed by atoms with Crippen LogP contribution in [0.3, 0.4) is 0 Å². The van der Waals surface area contributed by atoms with Crippen molar-refractivity contribution in [1.82, 2.24) is 29.9 Å². The van der Waals surface area contributed by atoms with Crippen LogP contribution in [0.2, 0.25) is 26.2 Å². The molecule has 0 spiro atoms. The SMILES string of the molecule is Cc1cc2c(cc1-c1cncc[n+]1C)C(C)(C)c1ccccc1S2.Cc1cc2c(cc1-c1cncc[n+]1C)C(C)(C)c1ccccc1[Si]2(C)C.Cc1cc2c(cc1-c1cncc[n+]1C)N(C)c1ccccc1O2.Cc1cc2c(cc1-c1cncc[n+]1C)Sc1ccccc1C2(C)C.Cc1cc2c(cc1-c1cncc[n+]1C)Sc1ccccc1S2.Cc1cc2c(cc1-c1cncc[n+]1C)[Se]c1ccccc1[Si]2(C)C. The summed E-state index contributed by atoms with van der Waals surface area (Å²) in [6.07, 6.45) is 34.6. The van der Waals surface area contributed by atoms with Crippen LogP contribution < -0.4 is 66.7 Å². The van der Waals surface area contributed by atoms with Gasteiger partial charge in [0.15, 0.2) is 42.5 Å². The molecule has 12 aromatic carbocycles. The Hall–Kier alpha value is -12.9. The zero-order valence-electron chi connectivity index (χ0n) is 85.9. The third-order valence-corrected chi connectivity index (χ3v) is 44.5. The second kappa shape index (κ2) is 40.0. The molecule has 0 bridgehead atoms. The Morgan fingerprint density at radius 2 is 0.601 bits per heavy atom. The van der Waals surface area contributed by atoms with E-state index in [2.05, 4.69) is 414 Å². The summed E-state index contributed by atoms with van der Waals surface area (Å²) in [7, 11) is 11.2. The van der Waals surface area contributed by atoms with Gasteiger partial charge in [0.1, 0.15) is 43.3 Å². The molecule has 0 saturated carbocycles. The maximum absolute atomic E-state index is 6.09. The Morgan fingerprint density at radius 1 is 0.273 bits per heavy atom. The third-order valence-electron chi connectivity index (χ3n) is 29.4. The zero-order chi connectivity index (χ0) is 100. The molecule has 21 heteroatoms. The molecular weight excluding hydrogens is 1930 g/mol. The average Bonchev–Trinajstić information content (AvgIpc) is 0.708. The molecule has 18 aromatic rings. The Bertz CT molecular complexity index is 7900. The minimum atomic E-state index is -1.71. The molecule has 0 fully saturated rings. The fraction of sp³-hybridized carbons (Fsp3) is 0.213. The number of aromatic nitrogens is 12. The molecule has 714 valence electrons. The molecule has 0 saturated heterocycles. The summed E-state index contributed by atoms with van der Waals surface area (Å²) in [6.45, 7) is 37.1. The molecule has 12 heterocycles. The molecule has 6 aliphatic heterocycles. The number of nitrogens with zero attached hydrogens (tertiary/aromatic N) is 13. The predicted molar refractivity (Wildman–Crippen MR) is 592 cm³/mol. The van der Waals surface area contributed by atoms with Gasteiger partial charge in [-0.2, -0.15) is 22.8 Å². The first kappa shape index (κ1) is 98.8. The number of hydrogen-bond donors (Lipinski definition) is 0. The maximum atomic E-state index is 6.09. The van der Waals surface area contributed by atoms with Gasteiger partial charge in [0.05, 0.1) is 101 Å². The van der Waals surface area contributed by atoms with Gasteiger partial charge in [-0.15, -0.1) is 0 Å². The molecule has 6 aromatic heterocycles. The van der Waals surface area contributed by atoms with E-state index in [1.54, 1.807) is 35.9 Å². The van der Waals surface area contributed by atoms with E-state index in [-0.39, 0.29) is 16.2 Å². The van der Waals surface area contributed by atoms with Gasteiger partial charge in [-0.05, 0) is 181 Å². The monoisotopic (exact) mass is 2050 g/mol. The van der Waals surface area contributed by atoms with Crippen molar-refractivity contribution in [2.45, 2.75) is 165 Å². The van der Waals surface area contributed by atoms with Gasteiger partial charge in [0.2, 0.25) is 28.5 Å². The van der Waals surface area contributed by atoms with Crippen molar-refractivity contribution in [3.05, 3.63) is 397 Å². The summed E-state index contributed by atoms with van der Waals surface area (Å²) in [4.78, 5) is 38.9. The first-order valence-corrected chi connectivity index (χ1v) is 59.6. The number of hydrogen-bond acceptors (Lipinski definition) is 12. The fourth-order valence-corrected chi connectivity index (χ4v) is 38.1. The third kappa shape index (κ3) is 19.0. The number of aryl methyl sites for hydroxylation is 12.